The van der Waals surface area contributed by atoms with Gasteiger partial charge in [-0.3, -0.25) is 9.36 Å². The van der Waals surface area contributed by atoms with Crippen LogP contribution in [0.1, 0.15) is 11.3 Å². The Morgan fingerprint density at radius 3 is 2.43 bits per heavy atom. The molecule has 0 radical (unpaired) electrons. The molecule has 0 fully saturated rings. The largest absolute Gasteiger partial charge is 0.468 e. The monoisotopic (exact) mass is 528 g/mol. The van der Waals surface area contributed by atoms with E-state index in [1.807, 2.05) is 30.3 Å². The number of ether oxygens (including phenoxy) is 2. The van der Waals surface area contributed by atoms with Gasteiger partial charge in [-0.05, 0) is 11.6 Å². The van der Waals surface area contributed by atoms with Crippen molar-refractivity contribution in [3.63, 3.8) is 0 Å². The van der Waals surface area contributed by atoms with Gasteiger partial charge in [0.1, 0.15) is 18.1 Å². The minimum Gasteiger partial charge on any atom is -0.468 e. The zero-order valence-corrected chi connectivity index (χ0v) is 19.1. The lowest BCUT2D eigenvalue weighted by Crippen LogP contribution is -2.41. The fraction of sp³-hybridized carbons (Fsp3) is 0.143. The summed E-state index contributed by atoms with van der Waals surface area (Å²) in [5, 5.41) is -0.259. The summed E-state index contributed by atoms with van der Waals surface area (Å²) in [5.74, 6) is -1.51. The van der Waals surface area contributed by atoms with Gasteiger partial charge in [-0.25, -0.2) is 13.8 Å². The van der Waals surface area contributed by atoms with Crippen LogP contribution in [0.5, 0.6) is 17.5 Å². The van der Waals surface area contributed by atoms with Crippen LogP contribution in [0.15, 0.2) is 58.1 Å². The average molecular weight is 529 g/mol. The van der Waals surface area contributed by atoms with E-state index in [4.69, 9.17) is 21.1 Å². The number of nitrogens with zero attached hydrogens (tertiary/aromatic N) is 4. The maximum absolute atomic E-state index is 14.7. The molecule has 2 heterocycles. The van der Waals surface area contributed by atoms with Gasteiger partial charge in [-0.2, -0.15) is 13.2 Å². The van der Waals surface area contributed by atoms with E-state index in [1.54, 1.807) is 0 Å². The van der Waals surface area contributed by atoms with Gasteiger partial charge in [0.2, 0.25) is 0 Å². The van der Waals surface area contributed by atoms with Crippen LogP contribution in [-0.4, -0.2) is 17.9 Å². The van der Waals surface area contributed by atoms with Gasteiger partial charge >= 0.3 is 11.9 Å². The second-order valence-corrected chi connectivity index (χ2v) is 7.96. The zero-order valence-electron chi connectivity index (χ0n) is 17.5. The topological polar surface area (TPSA) is 88.2 Å². The molecule has 2 aromatic carbocycles. The molecule has 0 N–H and O–H groups in total. The van der Waals surface area contributed by atoms with Gasteiger partial charge in [0, 0.05) is 19.2 Å². The second-order valence-electron chi connectivity index (χ2n) is 7.03. The Balaban J connectivity index is 1.70. The van der Waals surface area contributed by atoms with Crippen molar-refractivity contribution in [2.75, 3.05) is 0 Å². The van der Waals surface area contributed by atoms with Gasteiger partial charge in [0.05, 0.1) is 22.4 Å². The Morgan fingerprint density at radius 2 is 1.74 bits per heavy atom. The van der Waals surface area contributed by atoms with Crippen molar-refractivity contribution in [3.8, 4) is 23.2 Å². The molecule has 0 atom stereocenters. The number of halogens is 5. The molecule has 0 aliphatic rings. The molecule has 0 spiro atoms. The average Bonchev–Trinajstić information content (AvgIpc) is 3.24. The van der Waals surface area contributed by atoms with E-state index in [-0.39, 0.29) is 44.3 Å². The first-order chi connectivity index (χ1) is 16.6. The number of aromatic nitrogens is 4. The van der Waals surface area contributed by atoms with E-state index in [2.05, 4.69) is 8.75 Å². The molecular weight excluding hydrogens is 516 g/mol. The quantitative estimate of drug-likeness (QED) is 0.341. The maximum atomic E-state index is 14.7. The van der Waals surface area contributed by atoms with Gasteiger partial charge in [0.15, 0.2) is 5.75 Å². The van der Waals surface area contributed by atoms with E-state index in [0.29, 0.717) is 0 Å². The van der Waals surface area contributed by atoms with Crippen molar-refractivity contribution < 1.29 is 27.0 Å². The maximum Gasteiger partial charge on any atom is 0.431 e. The van der Waals surface area contributed by atoms with Crippen LogP contribution >= 0.6 is 23.3 Å². The van der Waals surface area contributed by atoms with Crippen LogP contribution in [0.25, 0.3) is 5.69 Å². The van der Waals surface area contributed by atoms with Crippen molar-refractivity contribution in [1.29, 1.82) is 0 Å². The molecule has 4 aromatic rings. The Hall–Kier alpha value is -3.71. The summed E-state index contributed by atoms with van der Waals surface area (Å²) >= 11 is 6.82. The third-order valence-corrected chi connectivity index (χ3v) is 5.50. The van der Waals surface area contributed by atoms with E-state index in [9.17, 15) is 27.2 Å². The number of alkyl halides is 3. The minimum absolute atomic E-state index is 0.00315. The third-order valence-electron chi connectivity index (χ3n) is 4.71. The molecule has 0 aliphatic carbocycles. The molecule has 0 unspecified atom stereocenters. The highest BCUT2D eigenvalue weighted by molar-refractivity contribution is 6.99. The van der Waals surface area contributed by atoms with Gasteiger partial charge in [-0.15, -0.1) is 8.75 Å². The van der Waals surface area contributed by atoms with Crippen molar-refractivity contribution >= 4 is 23.3 Å². The molecule has 35 heavy (non-hydrogen) atoms. The van der Waals surface area contributed by atoms with Crippen LogP contribution in [-0.2, 0) is 19.8 Å². The summed E-state index contributed by atoms with van der Waals surface area (Å²) in [6.07, 6.45) is -4.97. The highest BCUT2D eigenvalue weighted by Crippen LogP contribution is 2.36. The molecule has 2 aromatic heterocycles. The molecular formula is C21H13ClF4N4O4S. The molecule has 182 valence electrons. The number of rotatable bonds is 6. The lowest BCUT2D eigenvalue weighted by Gasteiger charge is -2.15. The lowest BCUT2D eigenvalue weighted by atomic mass is 10.2. The van der Waals surface area contributed by atoms with Crippen molar-refractivity contribution in [3.05, 3.63) is 91.5 Å². The summed E-state index contributed by atoms with van der Waals surface area (Å²) < 4.78 is 73.6. The Kier molecular flexibility index (Phi) is 6.63. The molecule has 0 bridgehead atoms. The molecule has 8 nitrogen and oxygen atoms in total. The van der Waals surface area contributed by atoms with Crippen LogP contribution < -0.4 is 20.7 Å². The minimum atomic E-state index is -4.97. The third kappa shape index (κ3) is 5.05. The number of benzene rings is 2. The number of hydrogen-bond donors (Lipinski definition) is 0. The molecule has 14 heteroatoms. The fourth-order valence-corrected chi connectivity index (χ4v) is 3.66. The zero-order chi connectivity index (χ0) is 25.3. The Morgan fingerprint density at radius 1 is 1.06 bits per heavy atom. The van der Waals surface area contributed by atoms with E-state index >= 15 is 0 Å². The molecule has 4 rings (SSSR count). The van der Waals surface area contributed by atoms with Crippen LogP contribution in [0.4, 0.5) is 17.6 Å². The molecule has 0 saturated heterocycles. The van der Waals surface area contributed by atoms with Gasteiger partial charge in [0.25, 0.3) is 17.3 Å². The molecule has 0 amide bonds. The van der Waals surface area contributed by atoms with E-state index in [0.717, 1.165) is 36.5 Å². The Bertz CT molecular complexity index is 1500. The lowest BCUT2D eigenvalue weighted by molar-refractivity contribution is -0.144. The first-order valence-corrected chi connectivity index (χ1v) is 10.7. The highest BCUT2D eigenvalue weighted by Gasteiger charge is 2.35. The summed E-state index contributed by atoms with van der Waals surface area (Å²) in [4.78, 5) is 24.9. The molecule has 0 aliphatic heterocycles. The first-order valence-electron chi connectivity index (χ1n) is 9.63. The molecule has 0 saturated carbocycles. The summed E-state index contributed by atoms with van der Waals surface area (Å²) in [7, 11) is 0.809. The standard InChI is InChI=1S/C21H13ClF4N4O4S/c1-29-16(21(24,25)26)9-17(31)30(20(29)32)14-8-15(12(22)7-13(14)23)34-19-18(27-35-28-19)33-10-11-5-3-2-4-6-11/h2-9H,10H2,1H3. The van der Waals surface area contributed by atoms with E-state index < -0.39 is 34.6 Å². The highest BCUT2D eigenvalue weighted by atomic mass is 35.5. The van der Waals surface area contributed by atoms with Crippen molar-refractivity contribution in [2.24, 2.45) is 7.05 Å². The summed E-state index contributed by atoms with van der Waals surface area (Å²) in [6.45, 7) is 0.141. The van der Waals surface area contributed by atoms with Gasteiger partial charge < -0.3 is 9.47 Å². The fourth-order valence-electron chi connectivity index (χ4n) is 3.04. The van der Waals surface area contributed by atoms with Gasteiger partial charge in [-0.1, -0.05) is 41.9 Å². The van der Waals surface area contributed by atoms with Crippen LogP contribution in [0.2, 0.25) is 5.02 Å². The van der Waals surface area contributed by atoms with Crippen molar-refractivity contribution in [2.45, 2.75) is 12.8 Å². The summed E-state index contributed by atoms with van der Waals surface area (Å²) in [5.41, 5.74) is -4.12. The first kappa shape index (κ1) is 24.4. The van der Waals surface area contributed by atoms with Crippen LogP contribution in [0, 0.1) is 5.82 Å². The van der Waals surface area contributed by atoms with Crippen LogP contribution in [0.3, 0.4) is 0 Å². The predicted molar refractivity (Wildman–Crippen MR) is 118 cm³/mol. The van der Waals surface area contributed by atoms with E-state index in [1.165, 1.54) is 0 Å². The number of hydrogen-bond acceptors (Lipinski definition) is 7. The smallest absolute Gasteiger partial charge is 0.431 e. The Labute approximate surface area is 202 Å². The van der Waals surface area contributed by atoms with Crippen molar-refractivity contribution in [1.82, 2.24) is 17.9 Å². The second kappa shape index (κ2) is 9.50. The predicted octanol–water partition coefficient (Wildman–Crippen LogP) is 4.57. The normalized spacial score (nSPS) is 11.5. The summed E-state index contributed by atoms with van der Waals surface area (Å²) in [6, 6.07) is 11.0. The SMILES string of the molecule is Cn1c(C(F)(F)F)cc(=O)n(-c2cc(Oc3nsnc3OCc3ccccc3)c(Cl)cc2F)c1=O.